The highest BCUT2D eigenvalue weighted by molar-refractivity contribution is 6.06. The highest BCUT2D eigenvalue weighted by atomic mass is 16.5. The molecule has 0 aliphatic rings. The lowest BCUT2D eigenvalue weighted by Gasteiger charge is -2.02. The summed E-state index contributed by atoms with van der Waals surface area (Å²) in [7, 11) is 1.67. The van der Waals surface area contributed by atoms with Gasteiger partial charge in [-0.1, -0.05) is 12.1 Å². The van der Waals surface area contributed by atoms with E-state index in [2.05, 4.69) is 20.1 Å². The van der Waals surface area contributed by atoms with Crippen LogP contribution in [0, 0.1) is 0 Å². The zero-order chi connectivity index (χ0) is 12.4. The second-order valence-electron chi connectivity index (χ2n) is 3.52. The molecule has 3 N–H and O–H groups in total. The minimum absolute atomic E-state index is 0.324. The van der Waals surface area contributed by atoms with Gasteiger partial charge in [0.05, 0.1) is 11.4 Å². The highest BCUT2D eigenvalue weighted by Crippen LogP contribution is 2.18. The van der Waals surface area contributed by atoms with Crippen LogP contribution in [0.2, 0.25) is 0 Å². The van der Waals surface area contributed by atoms with E-state index in [1.807, 2.05) is 6.92 Å². The van der Waals surface area contributed by atoms with E-state index in [1.165, 1.54) is 10.9 Å². The molecule has 0 unspecified atom stereocenters. The molecule has 0 saturated heterocycles. The monoisotopic (exact) mass is 235 g/mol. The molecule has 2 aromatic heterocycles. The van der Waals surface area contributed by atoms with Crippen LogP contribution in [0.4, 0.5) is 11.5 Å². The van der Waals surface area contributed by atoms with Gasteiger partial charge in [0.25, 0.3) is 5.91 Å². The normalized spacial score (nSPS) is 10.5. The molecule has 0 aliphatic heterocycles. The number of anilines is 2. The molecule has 2 aromatic rings. The molecule has 1 amide bonds. The Morgan fingerprint density at radius 1 is 1.65 bits per heavy atom. The van der Waals surface area contributed by atoms with Crippen LogP contribution in [0.3, 0.4) is 0 Å². The van der Waals surface area contributed by atoms with Crippen molar-refractivity contribution in [1.82, 2.24) is 14.9 Å². The van der Waals surface area contributed by atoms with Crippen LogP contribution in [0.25, 0.3) is 0 Å². The third-order valence-corrected chi connectivity index (χ3v) is 2.39. The van der Waals surface area contributed by atoms with Gasteiger partial charge in [-0.2, -0.15) is 5.10 Å². The van der Waals surface area contributed by atoms with Crippen LogP contribution >= 0.6 is 0 Å². The lowest BCUT2D eigenvalue weighted by molar-refractivity contribution is 0.101. The van der Waals surface area contributed by atoms with Gasteiger partial charge in [0.2, 0.25) is 0 Å². The minimum atomic E-state index is -0.355. The smallest absolute Gasteiger partial charge is 0.277 e. The number of amides is 1. The molecule has 0 atom stereocenters. The van der Waals surface area contributed by atoms with Gasteiger partial charge in [-0.3, -0.25) is 9.48 Å². The fourth-order valence-electron chi connectivity index (χ4n) is 1.58. The lowest BCUT2D eigenvalue weighted by atomic mass is 10.2. The standard InChI is InChI=1S/C10H13N5O2/c1-3-6-8(11)9(15(2)13-6)10(16)12-7-4-5-17-14-7/h4-5H,3,11H2,1-2H3,(H,12,14,16). The number of aromatic nitrogens is 3. The maximum atomic E-state index is 11.9. The van der Waals surface area contributed by atoms with E-state index in [-0.39, 0.29) is 5.91 Å². The maximum absolute atomic E-state index is 11.9. The molecular weight excluding hydrogens is 222 g/mol. The number of nitrogen functional groups attached to an aromatic ring is 1. The number of nitrogens with one attached hydrogen (secondary N) is 1. The lowest BCUT2D eigenvalue weighted by Crippen LogP contribution is -2.17. The van der Waals surface area contributed by atoms with Crippen molar-refractivity contribution in [3.63, 3.8) is 0 Å². The molecule has 0 bridgehead atoms. The number of nitrogens with zero attached hydrogens (tertiary/aromatic N) is 3. The molecule has 0 aliphatic carbocycles. The van der Waals surface area contributed by atoms with Crippen molar-refractivity contribution >= 4 is 17.4 Å². The Bertz CT molecular complexity index is 529. The molecule has 0 aromatic carbocycles. The van der Waals surface area contributed by atoms with Crippen molar-refractivity contribution in [2.75, 3.05) is 11.1 Å². The zero-order valence-corrected chi connectivity index (χ0v) is 9.60. The van der Waals surface area contributed by atoms with Crippen molar-refractivity contribution in [1.29, 1.82) is 0 Å². The number of hydrogen-bond acceptors (Lipinski definition) is 5. The number of nitrogens with two attached hydrogens (primary N) is 1. The highest BCUT2D eigenvalue weighted by Gasteiger charge is 2.19. The van der Waals surface area contributed by atoms with Gasteiger partial charge in [-0.05, 0) is 6.42 Å². The molecule has 7 heteroatoms. The molecule has 0 spiro atoms. The molecule has 2 heterocycles. The first-order chi connectivity index (χ1) is 8.13. The summed E-state index contributed by atoms with van der Waals surface area (Å²) in [5, 5.41) is 10.3. The molecule has 0 saturated carbocycles. The maximum Gasteiger partial charge on any atom is 0.277 e. The largest absolute Gasteiger partial charge is 0.395 e. The van der Waals surface area contributed by atoms with Crippen molar-refractivity contribution in [2.24, 2.45) is 7.05 Å². The van der Waals surface area contributed by atoms with Gasteiger partial charge >= 0.3 is 0 Å². The molecular formula is C10H13N5O2. The molecule has 0 fully saturated rings. The first-order valence-corrected chi connectivity index (χ1v) is 5.16. The fourth-order valence-corrected chi connectivity index (χ4v) is 1.58. The summed E-state index contributed by atoms with van der Waals surface area (Å²) in [6.45, 7) is 1.93. The topological polar surface area (TPSA) is 99.0 Å². The summed E-state index contributed by atoms with van der Waals surface area (Å²) in [4.78, 5) is 11.9. The summed E-state index contributed by atoms with van der Waals surface area (Å²) in [6.07, 6.45) is 2.05. The molecule has 7 nitrogen and oxygen atoms in total. The number of carbonyl (C=O) groups excluding carboxylic acids is 1. The van der Waals surface area contributed by atoms with Gasteiger partial charge in [-0.15, -0.1) is 0 Å². The second kappa shape index (κ2) is 4.28. The van der Waals surface area contributed by atoms with Crippen molar-refractivity contribution in [3.05, 3.63) is 23.7 Å². The van der Waals surface area contributed by atoms with E-state index in [0.29, 0.717) is 29.3 Å². The summed E-state index contributed by atoms with van der Waals surface area (Å²) < 4.78 is 6.08. The van der Waals surface area contributed by atoms with E-state index in [9.17, 15) is 4.79 Å². The van der Waals surface area contributed by atoms with E-state index < -0.39 is 0 Å². The third kappa shape index (κ3) is 1.99. The van der Waals surface area contributed by atoms with E-state index in [0.717, 1.165) is 0 Å². The predicted molar refractivity (Wildman–Crippen MR) is 61.5 cm³/mol. The minimum Gasteiger partial charge on any atom is -0.395 e. The molecule has 90 valence electrons. The quantitative estimate of drug-likeness (QED) is 0.819. The van der Waals surface area contributed by atoms with Crippen LogP contribution < -0.4 is 11.1 Å². The first kappa shape index (κ1) is 11.2. The molecule has 0 radical (unpaired) electrons. The first-order valence-electron chi connectivity index (χ1n) is 5.16. The Morgan fingerprint density at radius 3 is 2.94 bits per heavy atom. The van der Waals surface area contributed by atoms with Crippen LogP contribution in [0.5, 0.6) is 0 Å². The Kier molecular flexibility index (Phi) is 2.82. The SMILES string of the molecule is CCc1nn(C)c(C(=O)Nc2ccon2)c1N. The zero-order valence-electron chi connectivity index (χ0n) is 9.60. The molecule has 2 rings (SSSR count). The Labute approximate surface area is 97.6 Å². The number of aryl methyl sites for hydroxylation is 2. The Morgan fingerprint density at radius 2 is 2.41 bits per heavy atom. The average molecular weight is 235 g/mol. The number of rotatable bonds is 3. The van der Waals surface area contributed by atoms with Crippen LogP contribution in [0.1, 0.15) is 23.1 Å². The van der Waals surface area contributed by atoms with Crippen molar-refractivity contribution in [3.8, 4) is 0 Å². The van der Waals surface area contributed by atoms with Crippen LogP contribution in [-0.4, -0.2) is 20.8 Å². The Hall–Kier alpha value is -2.31. The van der Waals surface area contributed by atoms with E-state index >= 15 is 0 Å². The van der Waals surface area contributed by atoms with Gasteiger partial charge in [0, 0.05) is 13.1 Å². The van der Waals surface area contributed by atoms with Crippen molar-refractivity contribution in [2.45, 2.75) is 13.3 Å². The van der Waals surface area contributed by atoms with Crippen molar-refractivity contribution < 1.29 is 9.32 Å². The number of hydrogen-bond donors (Lipinski definition) is 2. The van der Waals surface area contributed by atoms with Gasteiger partial charge in [-0.25, -0.2) is 0 Å². The summed E-state index contributed by atoms with van der Waals surface area (Å²) >= 11 is 0. The van der Waals surface area contributed by atoms with Crippen LogP contribution in [-0.2, 0) is 13.5 Å². The third-order valence-electron chi connectivity index (χ3n) is 2.39. The Balaban J connectivity index is 2.28. The number of carbonyl (C=O) groups is 1. The van der Waals surface area contributed by atoms with Crippen LogP contribution in [0.15, 0.2) is 16.9 Å². The van der Waals surface area contributed by atoms with E-state index in [1.54, 1.807) is 13.1 Å². The summed E-state index contributed by atoms with van der Waals surface area (Å²) in [5.74, 6) is -0.0141. The predicted octanol–water partition coefficient (Wildman–Crippen LogP) is 0.805. The van der Waals surface area contributed by atoms with Gasteiger partial charge in [0.1, 0.15) is 12.0 Å². The summed E-state index contributed by atoms with van der Waals surface area (Å²) in [5.41, 5.74) is 7.29. The molecule has 17 heavy (non-hydrogen) atoms. The second-order valence-corrected chi connectivity index (χ2v) is 3.52. The fraction of sp³-hybridized carbons (Fsp3) is 0.300. The summed E-state index contributed by atoms with van der Waals surface area (Å²) in [6, 6.07) is 1.55. The average Bonchev–Trinajstić information content (AvgIpc) is 2.87. The van der Waals surface area contributed by atoms with E-state index in [4.69, 9.17) is 5.73 Å². The van der Waals surface area contributed by atoms with Gasteiger partial charge < -0.3 is 15.6 Å². The van der Waals surface area contributed by atoms with Gasteiger partial charge in [0.15, 0.2) is 5.82 Å².